The molecule has 3 fully saturated rings. The molecule has 2 saturated heterocycles. The van der Waals surface area contributed by atoms with Gasteiger partial charge in [-0.25, -0.2) is 4.39 Å². The Bertz CT molecular complexity index is 2180. The van der Waals surface area contributed by atoms with Crippen LogP contribution in [-0.4, -0.2) is 57.4 Å². The number of benzene rings is 4. The van der Waals surface area contributed by atoms with Gasteiger partial charge in [0.15, 0.2) is 0 Å². The maximum Gasteiger partial charge on any atom is 0.260 e. The number of phenols is 2. The number of rotatable bonds is 8. The van der Waals surface area contributed by atoms with Crippen LogP contribution in [0.25, 0.3) is 0 Å². The van der Waals surface area contributed by atoms with Crippen LogP contribution in [0.5, 0.6) is 17.2 Å². The molecule has 2 aliphatic heterocycles. The standard InChI is InChI=1S/C41H35ClFN3O7/c1-53-28-14-17-34(48)32(20-28)36-29-15-16-30-35(39(51)45(37(30)49)19-18-22-2-12-27(47)13-3-22)31(29)21-33-38(50)46(44-26-10-8-25(43)9-11-26)40(52)41(33,36)23-4-6-24(42)7-5-23/h2-15,17,20,30-31,33,35-36,44,47-48H,16,18-19,21H2,1H3/t30-,31+,33-,35-,36+,41+/m0/s1. The lowest BCUT2D eigenvalue weighted by molar-refractivity contribution is -0.141. The third-order valence-electron chi connectivity index (χ3n) is 11.5. The van der Waals surface area contributed by atoms with Crippen LogP contribution in [-0.2, 0) is 31.0 Å². The molecule has 4 aromatic rings. The van der Waals surface area contributed by atoms with E-state index < -0.39 is 52.6 Å². The zero-order valence-electron chi connectivity index (χ0n) is 28.5. The largest absolute Gasteiger partial charge is 0.508 e. The lowest BCUT2D eigenvalue weighted by Gasteiger charge is -2.50. The van der Waals surface area contributed by atoms with Crippen molar-refractivity contribution in [2.75, 3.05) is 19.1 Å². The summed E-state index contributed by atoms with van der Waals surface area (Å²) in [6, 6.07) is 23.2. The van der Waals surface area contributed by atoms with Crippen molar-refractivity contribution in [3.05, 3.63) is 130 Å². The van der Waals surface area contributed by atoms with Crippen LogP contribution < -0.4 is 10.2 Å². The molecule has 3 N–H and O–H groups in total. The Hall–Kier alpha value is -5.68. The number of methoxy groups -OCH3 is 1. The normalized spacial score (nSPS) is 26.2. The number of ether oxygens (including phenoxy) is 1. The zero-order chi connectivity index (χ0) is 37.2. The Balaban J connectivity index is 1.27. The van der Waals surface area contributed by atoms with Gasteiger partial charge in [-0.3, -0.25) is 29.5 Å². The highest BCUT2D eigenvalue weighted by Crippen LogP contribution is 2.65. The van der Waals surface area contributed by atoms with E-state index in [2.05, 4.69) is 5.43 Å². The minimum atomic E-state index is -1.64. The molecule has 0 unspecified atom stereocenters. The molecule has 0 bridgehead atoms. The van der Waals surface area contributed by atoms with Gasteiger partial charge in [0.1, 0.15) is 23.1 Å². The van der Waals surface area contributed by atoms with Crippen molar-refractivity contribution in [2.45, 2.75) is 30.6 Å². The van der Waals surface area contributed by atoms with Gasteiger partial charge in [-0.1, -0.05) is 47.5 Å². The molecule has 2 heterocycles. The van der Waals surface area contributed by atoms with E-state index in [9.17, 15) is 29.0 Å². The first kappa shape index (κ1) is 34.4. The number of anilines is 1. The molecule has 10 nitrogen and oxygen atoms in total. The lowest BCUT2D eigenvalue weighted by atomic mass is 9.49. The van der Waals surface area contributed by atoms with Crippen LogP contribution in [0.15, 0.2) is 103 Å². The van der Waals surface area contributed by atoms with Gasteiger partial charge in [-0.05, 0) is 103 Å². The van der Waals surface area contributed by atoms with Gasteiger partial charge in [0.05, 0.1) is 36.0 Å². The number of amides is 4. The summed E-state index contributed by atoms with van der Waals surface area (Å²) < 4.78 is 19.4. The third kappa shape index (κ3) is 5.44. The van der Waals surface area contributed by atoms with Gasteiger partial charge < -0.3 is 14.9 Å². The maximum atomic E-state index is 15.2. The summed E-state index contributed by atoms with van der Waals surface area (Å²) in [4.78, 5) is 59.6. The summed E-state index contributed by atoms with van der Waals surface area (Å²) >= 11 is 6.35. The van der Waals surface area contributed by atoms with E-state index in [-0.39, 0.29) is 42.7 Å². The zero-order valence-corrected chi connectivity index (χ0v) is 29.3. The smallest absolute Gasteiger partial charge is 0.260 e. The molecule has 4 amide bonds. The van der Waals surface area contributed by atoms with E-state index in [0.29, 0.717) is 39.6 Å². The average molecular weight is 736 g/mol. The topological polar surface area (TPSA) is 136 Å². The Kier molecular flexibility index (Phi) is 8.48. The highest BCUT2D eigenvalue weighted by atomic mass is 35.5. The van der Waals surface area contributed by atoms with Crippen LogP contribution in [0, 0.1) is 29.5 Å². The number of phenolic OH excluding ortho intramolecular Hbond substituents is 2. The number of nitrogens with one attached hydrogen (secondary N) is 1. The number of aromatic hydroxyl groups is 2. The van der Waals surface area contributed by atoms with Gasteiger partial charge in [-0.2, -0.15) is 5.01 Å². The first-order valence-corrected chi connectivity index (χ1v) is 17.8. The second kappa shape index (κ2) is 13.1. The van der Waals surface area contributed by atoms with Gasteiger partial charge in [0.25, 0.3) is 11.8 Å². The van der Waals surface area contributed by atoms with E-state index >= 15 is 4.79 Å². The van der Waals surface area contributed by atoms with Gasteiger partial charge >= 0.3 is 0 Å². The Morgan fingerprint density at radius 1 is 0.887 bits per heavy atom. The summed E-state index contributed by atoms with van der Waals surface area (Å²) in [6.45, 7) is 0.141. The number of hydrogen-bond acceptors (Lipinski definition) is 8. The minimum absolute atomic E-state index is 0.0633. The molecule has 270 valence electrons. The van der Waals surface area contributed by atoms with E-state index in [1.807, 2.05) is 6.08 Å². The molecule has 4 aliphatic rings. The molecule has 12 heteroatoms. The number of carbonyl (C=O) groups excluding carboxylic acids is 4. The van der Waals surface area contributed by atoms with E-state index in [0.717, 1.165) is 10.6 Å². The number of carbonyl (C=O) groups is 4. The highest BCUT2D eigenvalue weighted by molar-refractivity contribution is 6.30. The fourth-order valence-corrected chi connectivity index (χ4v) is 9.21. The van der Waals surface area contributed by atoms with Crippen molar-refractivity contribution < 1.29 is 38.5 Å². The molecule has 0 radical (unpaired) electrons. The summed E-state index contributed by atoms with van der Waals surface area (Å²) in [5.41, 5.74) is 3.90. The molecule has 0 aromatic heterocycles. The SMILES string of the molecule is COc1ccc(O)c([C@H]2C3=CC[C@@H]4C(=O)N(CCc5ccc(O)cc5)C(=O)[C@@H]4[C@@H]3C[C@H]3C(=O)N(Nc4ccc(F)cc4)C(=O)[C@@]23c2ccc(Cl)cc2)c1. The van der Waals surface area contributed by atoms with Crippen LogP contribution >= 0.6 is 11.6 Å². The third-order valence-corrected chi connectivity index (χ3v) is 11.7. The summed E-state index contributed by atoms with van der Waals surface area (Å²) in [5.74, 6) is -6.06. The summed E-state index contributed by atoms with van der Waals surface area (Å²) in [6.07, 6.45) is 2.58. The number of hydrogen-bond donors (Lipinski definition) is 3. The Morgan fingerprint density at radius 2 is 1.60 bits per heavy atom. The molecule has 2 aliphatic carbocycles. The van der Waals surface area contributed by atoms with Gasteiger partial charge in [0.2, 0.25) is 11.8 Å². The van der Waals surface area contributed by atoms with Gasteiger partial charge in [0, 0.05) is 23.0 Å². The summed E-state index contributed by atoms with van der Waals surface area (Å²) in [5, 5.41) is 22.7. The van der Waals surface area contributed by atoms with Crippen molar-refractivity contribution in [3.8, 4) is 17.2 Å². The number of nitrogens with zero attached hydrogens (tertiary/aromatic N) is 2. The fraction of sp³-hybridized carbons (Fsp3) is 0.268. The second-order valence-corrected chi connectivity index (χ2v) is 14.5. The van der Waals surface area contributed by atoms with Crippen molar-refractivity contribution in [1.29, 1.82) is 0 Å². The van der Waals surface area contributed by atoms with Gasteiger partial charge in [-0.15, -0.1) is 0 Å². The number of fused-ring (bicyclic) bond motifs is 4. The van der Waals surface area contributed by atoms with Crippen molar-refractivity contribution in [2.24, 2.45) is 23.7 Å². The quantitative estimate of drug-likeness (QED) is 0.145. The second-order valence-electron chi connectivity index (χ2n) is 14.0. The predicted molar refractivity (Wildman–Crippen MR) is 192 cm³/mol. The van der Waals surface area contributed by atoms with E-state index in [1.165, 1.54) is 42.3 Å². The van der Waals surface area contributed by atoms with E-state index in [4.69, 9.17) is 16.3 Å². The summed E-state index contributed by atoms with van der Waals surface area (Å²) in [7, 11) is 1.48. The number of imide groups is 2. The highest BCUT2D eigenvalue weighted by Gasteiger charge is 2.70. The average Bonchev–Trinajstić information content (AvgIpc) is 3.53. The molecule has 0 spiro atoms. The van der Waals surface area contributed by atoms with Crippen LogP contribution in [0.3, 0.4) is 0 Å². The molecule has 8 rings (SSSR count). The Labute approximate surface area is 309 Å². The first-order chi connectivity index (χ1) is 25.5. The van der Waals surface area contributed by atoms with Crippen LogP contribution in [0.2, 0.25) is 5.02 Å². The number of halogens is 2. The molecular weight excluding hydrogens is 701 g/mol. The van der Waals surface area contributed by atoms with Crippen molar-refractivity contribution >= 4 is 40.9 Å². The minimum Gasteiger partial charge on any atom is -0.508 e. The van der Waals surface area contributed by atoms with Crippen molar-refractivity contribution in [1.82, 2.24) is 9.91 Å². The van der Waals surface area contributed by atoms with Crippen molar-refractivity contribution in [3.63, 3.8) is 0 Å². The lowest BCUT2D eigenvalue weighted by Crippen LogP contribution is -2.53. The van der Waals surface area contributed by atoms with Crippen LogP contribution in [0.1, 0.15) is 35.4 Å². The predicted octanol–water partition coefficient (Wildman–Crippen LogP) is 6.13. The molecule has 1 saturated carbocycles. The molecule has 4 aromatic carbocycles. The first-order valence-electron chi connectivity index (χ1n) is 17.4. The van der Waals surface area contributed by atoms with Crippen LogP contribution in [0.4, 0.5) is 10.1 Å². The number of likely N-dealkylation sites (tertiary alicyclic amines) is 1. The fourth-order valence-electron chi connectivity index (χ4n) is 9.08. The molecule has 6 atom stereocenters. The monoisotopic (exact) mass is 735 g/mol. The number of allylic oxidation sites excluding steroid dienone is 2. The molecule has 53 heavy (non-hydrogen) atoms. The Morgan fingerprint density at radius 3 is 2.30 bits per heavy atom. The molecular formula is C41H35ClFN3O7. The maximum absolute atomic E-state index is 15.2. The number of hydrazine groups is 1. The van der Waals surface area contributed by atoms with E-state index in [1.54, 1.807) is 60.7 Å².